The third kappa shape index (κ3) is 11.8. The average molecular weight is 713 g/mol. The SMILES string of the molecule is C#Cc1ccc(C#C)cc1.C=CC[Si](CC=C)(OCC)c1ccc(C#Cc2ccc(C#Cc3ccc([Si](CC=C)(CC=C)OCC)cc3)cc2)cc1. The van der Waals surface area contributed by atoms with E-state index in [2.05, 4.69) is 110 Å². The van der Waals surface area contributed by atoms with Crippen molar-refractivity contribution in [2.45, 2.75) is 38.0 Å². The summed E-state index contributed by atoms with van der Waals surface area (Å²) < 4.78 is 12.6. The molecule has 0 aliphatic carbocycles. The Hall–Kier alpha value is -5.57. The van der Waals surface area contributed by atoms with Crippen molar-refractivity contribution in [3.8, 4) is 48.4 Å². The van der Waals surface area contributed by atoms with Gasteiger partial charge in [0.15, 0.2) is 0 Å². The molecule has 2 nitrogen and oxygen atoms in total. The lowest BCUT2D eigenvalue weighted by Crippen LogP contribution is -2.50. The standard InChI is InChI=1S/C38H42O2Si2.C10H6/c1-7-29-41(30-8-2,39-11-5)37-25-21-35(22-26-37)19-17-33-13-15-34(16-14-33)18-20-36-23-27-38(28-24-36)42(31-9-3,32-10-4)40-12-6;1-3-9-5-7-10(4-2)8-6-9/h7-10,13-16,21-28H,1-4,11-12,29-32H2,5-6H3;1-2,5-8H. The summed E-state index contributed by atoms with van der Waals surface area (Å²) in [6, 6.07) is 35.8. The molecule has 0 saturated carbocycles. The van der Waals surface area contributed by atoms with E-state index in [0.29, 0.717) is 13.2 Å². The number of terminal acetylenes is 2. The highest BCUT2D eigenvalue weighted by Crippen LogP contribution is 2.21. The predicted octanol–water partition coefficient (Wildman–Crippen LogP) is 9.26. The van der Waals surface area contributed by atoms with Crippen LogP contribution in [0, 0.1) is 48.4 Å². The summed E-state index contributed by atoms with van der Waals surface area (Å²) in [5.74, 6) is 18.1. The summed E-state index contributed by atoms with van der Waals surface area (Å²) in [5, 5.41) is 2.49. The monoisotopic (exact) mass is 712 g/mol. The fourth-order valence-corrected chi connectivity index (χ4v) is 12.4. The lowest BCUT2D eigenvalue weighted by Gasteiger charge is -2.29. The van der Waals surface area contributed by atoms with Crippen LogP contribution in [0.5, 0.6) is 0 Å². The minimum absolute atomic E-state index is 0.685. The van der Waals surface area contributed by atoms with Gasteiger partial charge in [-0.3, -0.25) is 0 Å². The second-order valence-electron chi connectivity index (χ2n) is 11.9. The number of hydrogen-bond acceptors (Lipinski definition) is 2. The fraction of sp³-hybridized carbons (Fsp3) is 0.167. The summed E-state index contributed by atoms with van der Waals surface area (Å²) in [4.78, 5) is 0. The molecule has 0 aliphatic rings. The van der Waals surface area contributed by atoms with Crippen LogP contribution in [0.25, 0.3) is 0 Å². The number of hydrogen-bond donors (Lipinski definition) is 0. The molecule has 0 saturated heterocycles. The van der Waals surface area contributed by atoms with Gasteiger partial charge in [-0.1, -0.05) is 84.1 Å². The summed E-state index contributed by atoms with van der Waals surface area (Å²) in [6.07, 6.45) is 18.1. The maximum absolute atomic E-state index is 6.31. The van der Waals surface area contributed by atoms with Crippen LogP contribution in [0.1, 0.15) is 47.2 Å². The molecule has 0 amide bonds. The second-order valence-corrected chi connectivity index (χ2v) is 19.3. The quantitative estimate of drug-likeness (QED) is 0.0738. The zero-order valence-corrected chi connectivity index (χ0v) is 32.6. The van der Waals surface area contributed by atoms with Crippen molar-refractivity contribution in [3.63, 3.8) is 0 Å². The van der Waals surface area contributed by atoms with Gasteiger partial charge in [-0.2, -0.15) is 0 Å². The van der Waals surface area contributed by atoms with Crippen molar-refractivity contribution in [1.82, 2.24) is 0 Å². The summed E-state index contributed by atoms with van der Waals surface area (Å²) in [7, 11) is -4.30. The highest BCUT2D eigenvalue weighted by molar-refractivity contribution is 6.87. The molecule has 0 heterocycles. The van der Waals surface area contributed by atoms with Crippen molar-refractivity contribution in [2.24, 2.45) is 0 Å². The lowest BCUT2D eigenvalue weighted by molar-refractivity contribution is 0.333. The van der Waals surface area contributed by atoms with Crippen molar-refractivity contribution in [3.05, 3.63) is 181 Å². The van der Waals surface area contributed by atoms with Gasteiger partial charge in [0, 0.05) is 46.6 Å². The molecule has 0 aliphatic heterocycles. The van der Waals surface area contributed by atoms with Crippen LogP contribution in [-0.2, 0) is 8.85 Å². The van der Waals surface area contributed by atoms with Gasteiger partial charge in [0.2, 0.25) is 16.6 Å². The highest BCUT2D eigenvalue weighted by atomic mass is 28.4. The Bertz CT molecular complexity index is 1820. The number of allylic oxidation sites excluding steroid dienone is 4. The van der Waals surface area contributed by atoms with E-state index in [1.807, 2.05) is 86.7 Å². The van der Waals surface area contributed by atoms with Gasteiger partial charge < -0.3 is 8.85 Å². The molecule has 52 heavy (non-hydrogen) atoms. The van der Waals surface area contributed by atoms with Crippen LogP contribution >= 0.6 is 0 Å². The second kappa shape index (κ2) is 21.6. The molecular formula is C48H48O2Si2. The van der Waals surface area contributed by atoms with Gasteiger partial charge in [0.1, 0.15) is 0 Å². The molecule has 4 rings (SSSR count). The first-order chi connectivity index (χ1) is 25.3. The Morgan fingerprint density at radius 1 is 0.442 bits per heavy atom. The van der Waals surface area contributed by atoms with Crippen LogP contribution in [0.4, 0.5) is 0 Å². The Labute approximate surface area is 315 Å². The topological polar surface area (TPSA) is 18.5 Å². The van der Waals surface area contributed by atoms with Crippen LogP contribution < -0.4 is 10.4 Å². The van der Waals surface area contributed by atoms with Crippen molar-refractivity contribution in [2.75, 3.05) is 13.2 Å². The molecule has 4 aromatic carbocycles. The molecule has 4 heteroatoms. The predicted molar refractivity (Wildman–Crippen MR) is 228 cm³/mol. The molecular weight excluding hydrogens is 665 g/mol. The largest absolute Gasteiger partial charge is 0.412 e. The Balaban J connectivity index is 0.000000626. The van der Waals surface area contributed by atoms with Gasteiger partial charge >= 0.3 is 0 Å². The van der Waals surface area contributed by atoms with E-state index in [-0.39, 0.29) is 0 Å². The molecule has 0 radical (unpaired) electrons. The maximum atomic E-state index is 6.31. The molecule has 0 fully saturated rings. The summed E-state index contributed by atoms with van der Waals surface area (Å²) in [6.45, 7) is 21.3. The molecule has 0 spiro atoms. The van der Waals surface area contributed by atoms with Crippen LogP contribution in [0.2, 0.25) is 24.2 Å². The fourth-order valence-electron chi connectivity index (χ4n) is 5.83. The van der Waals surface area contributed by atoms with Gasteiger partial charge in [0.25, 0.3) is 0 Å². The first-order valence-corrected chi connectivity index (χ1v) is 22.1. The van der Waals surface area contributed by atoms with E-state index >= 15 is 0 Å². The molecule has 4 aromatic rings. The number of benzene rings is 4. The van der Waals surface area contributed by atoms with Crippen LogP contribution in [0.15, 0.2) is 148 Å². The first-order valence-electron chi connectivity index (χ1n) is 17.4. The molecule has 0 N–H and O–H groups in total. The maximum Gasteiger partial charge on any atom is 0.231 e. The Kier molecular flexibility index (Phi) is 17.0. The molecule has 260 valence electrons. The Morgan fingerprint density at radius 3 is 0.885 bits per heavy atom. The lowest BCUT2D eigenvalue weighted by atomic mass is 10.1. The minimum Gasteiger partial charge on any atom is -0.412 e. The third-order valence-electron chi connectivity index (χ3n) is 8.37. The Morgan fingerprint density at radius 2 is 0.673 bits per heavy atom. The normalized spacial score (nSPS) is 10.3. The van der Waals surface area contributed by atoms with Gasteiger partial charge in [-0.15, -0.1) is 39.2 Å². The smallest absolute Gasteiger partial charge is 0.231 e. The van der Waals surface area contributed by atoms with E-state index in [4.69, 9.17) is 21.7 Å². The zero-order chi connectivity index (χ0) is 37.7. The molecule has 0 atom stereocenters. The van der Waals surface area contributed by atoms with E-state index in [0.717, 1.165) is 57.6 Å². The van der Waals surface area contributed by atoms with Gasteiger partial charge in [0.05, 0.1) is 0 Å². The van der Waals surface area contributed by atoms with E-state index in [1.54, 1.807) is 0 Å². The highest BCUT2D eigenvalue weighted by Gasteiger charge is 2.35. The third-order valence-corrected chi connectivity index (χ3v) is 16.6. The first kappa shape index (κ1) is 40.9. The summed E-state index contributed by atoms with van der Waals surface area (Å²) in [5.41, 5.74) is 5.57. The zero-order valence-electron chi connectivity index (χ0n) is 30.6. The van der Waals surface area contributed by atoms with Crippen molar-refractivity contribution >= 4 is 27.0 Å². The van der Waals surface area contributed by atoms with Gasteiger partial charge in [-0.25, -0.2) is 0 Å². The number of rotatable bonds is 14. The van der Waals surface area contributed by atoms with Crippen LogP contribution in [0.3, 0.4) is 0 Å². The molecule has 0 unspecified atom stereocenters. The summed E-state index contributed by atoms with van der Waals surface area (Å²) >= 11 is 0. The molecule has 0 bridgehead atoms. The van der Waals surface area contributed by atoms with Gasteiger partial charge in [-0.05, 0) is 121 Å². The van der Waals surface area contributed by atoms with Crippen LogP contribution in [-0.4, -0.2) is 29.8 Å². The van der Waals surface area contributed by atoms with E-state index in [1.165, 1.54) is 10.4 Å². The average Bonchev–Trinajstić information content (AvgIpc) is 3.18. The van der Waals surface area contributed by atoms with E-state index in [9.17, 15) is 0 Å². The molecule has 0 aromatic heterocycles. The minimum atomic E-state index is -2.15. The van der Waals surface area contributed by atoms with Crippen molar-refractivity contribution < 1.29 is 8.85 Å². The van der Waals surface area contributed by atoms with E-state index < -0.39 is 16.6 Å². The van der Waals surface area contributed by atoms with Crippen molar-refractivity contribution in [1.29, 1.82) is 0 Å².